The van der Waals surface area contributed by atoms with Gasteiger partial charge in [0.15, 0.2) is 0 Å². The van der Waals surface area contributed by atoms with Gasteiger partial charge in [-0.3, -0.25) is 4.79 Å². The van der Waals surface area contributed by atoms with Crippen LogP contribution < -0.4 is 15.4 Å². The molecular formula is C15H23ClN2O3. The molecule has 1 aromatic carbocycles. The van der Waals surface area contributed by atoms with Crippen LogP contribution in [0.1, 0.15) is 31.1 Å². The number of amides is 1. The number of aliphatic hydroxyl groups is 1. The van der Waals surface area contributed by atoms with Gasteiger partial charge in [0, 0.05) is 24.7 Å². The number of aliphatic hydroxyl groups excluding tert-OH is 1. The SMILES string of the molecule is CCNC(=O)c1ccc(OCC(O)CNC(C)C)c(Cl)c1. The van der Waals surface area contributed by atoms with Gasteiger partial charge < -0.3 is 20.5 Å². The molecule has 0 saturated carbocycles. The molecule has 0 bridgehead atoms. The van der Waals surface area contributed by atoms with E-state index in [0.717, 1.165) is 0 Å². The van der Waals surface area contributed by atoms with Gasteiger partial charge in [-0.1, -0.05) is 25.4 Å². The minimum absolute atomic E-state index is 0.139. The second kappa shape index (κ2) is 8.87. The van der Waals surface area contributed by atoms with Gasteiger partial charge in [-0.05, 0) is 25.1 Å². The van der Waals surface area contributed by atoms with Crippen molar-refractivity contribution in [1.29, 1.82) is 0 Å². The van der Waals surface area contributed by atoms with Gasteiger partial charge in [-0.15, -0.1) is 0 Å². The predicted molar refractivity (Wildman–Crippen MR) is 84.1 cm³/mol. The molecule has 1 rings (SSSR count). The van der Waals surface area contributed by atoms with E-state index in [1.54, 1.807) is 18.2 Å². The molecule has 0 saturated heterocycles. The van der Waals surface area contributed by atoms with E-state index < -0.39 is 6.10 Å². The van der Waals surface area contributed by atoms with E-state index in [1.807, 2.05) is 20.8 Å². The minimum Gasteiger partial charge on any atom is -0.489 e. The van der Waals surface area contributed by atoms with Crippen LogP contribution in [0.25, 0.3) is 0 Å². The van der Waals surface area contributed by atoms with Gasteiger partial charge in [0.1, 0.15) is 18.5 Å². The summed E-state index contributed by atoms with van der Waals surface area (Å²) in [6.07, 6.45) is -0.619. The number of benzene rings is 1. The van der Waals surface area contributed by atoms with E-state index in [9.17, 15) is 9.90 Å². The van der Waals surface area contributed by atoms with Crippen LogP contribution in [-0.4, -0.2) is 42.9 Å². The number of nitrogens with one attached hydrogen (secondary N) is 2. The number of rotatable bonds is 8. The number of ether oxygens (including phenoxy) is 1. The van der Waals surface area contributed by atoms with E-state index in [1.165, 1.54) is 0 Å². The smallest absolute Gasteiger partial charge is 0.251 e. The molecule has 1 aromatic rings. The quantitative estimate of drug-likeness (QED) is 0.684. The normalized spacial score (nSPS) is 12.3. The fourth-order valence-electron chi connectivity index (χ4n) is 1.64. The molecule has 0 aliphatic rings. The third-order valence-electron chi connectivity index (χ3n) is 2.72. The highest BCUT2D eigenvalue weighted by Gasteiger charge is 2.11. The molecule has 1 unspecified atom stereocenters. The van der Waals surface area contributed by atoms with Crippen LogP contribution >= 0.6 is 11.6 Å². The Balaban J connectivity index is 2.54. The molecule has 1 amide bonds. The summed E-state index contributed by atoms with van der Waals surface area (Å²) < 4.78 is 5.47. The number of hydrogen-bond donors (Lipinski definition) is 3. The summed E-state index contributed by atoms with van der Waals surface area (Å²) in [5.74, 6) is 0.278. The van der Waals surface area contributed by atoms with Crippen molar-refractivity contribution in [2.75, 3.05) is 19.7 Å². The summed E-state index contributed by atoms with van der Waals surface area (Å²) in [6, 6.07) is 5.14. The summed E-state index contributed by atoms with van der Waals surface area (Å²) in [4.78, 5) is 11.7. The van der Waals surface area contributed by atoms with E-state index in [-0.39, 0.29) is 12.5 Å². The number of carbonyl (C=O) groups is 1. The molecule has 21 heavy (non-hydrogen) atoms. The van der Waals surface area contributed by atoms with Crippen LogP contribution in [0.5, 0.6) is 5.75 Å². The Hall–Kier alpha value is -1.30. The number of carbonyl (C=O) groups excluding carboxylic acids is 1. The van der Waals surface area contributed by atoms with E-state index in [4.69, 9.17) is 16.3 Å². The first-order chi connectivity index (χ1) is 9.93. The third-order valence-corrected chi connectivity index (χ3v) is 3.02. The van der Waals surface area contributed by atoms with E-state index in [0.29, 0.717) is 35.5 Å². The highest BCUT2D eigenvalue weighted by atomic mass is 35.5. The Morgan fingerprint density at radius 3 is 2.71 bits per heavy atom. The summed E-state index contributed by atoms with van der Waals surface area (Å²) in [6.45, 7) is 7.01. The average Bonchev–Trinajstić information content (AvgIpc) is 2.44. The number of hydrogen-bond acceptors (Lipinski definition) is 4. The molecule has 0 heterocycles. The molecule has 5 nitrogen and oxygen atoms in total. The number of halogens is 1. The van der Waals surface area contributed by atoms with Crippen molar-refractivity contribution in [2.24, 2.45) is 0 Å². The standard InChI is InChI=1S/C15H23ClN2O3/c1-4-17-15(20)11-5-6-14(13(16)7-11)21-9-12(19)8-18-10(2)3/h5-7,10,12,18-19H,4,8-9H2,1-3H3,(H,17,20). The van der Waals surface area contributed by atoms with Crippen LogP contribution in [0, 0.1) is 0 Å². The molecule has 0 fully saturated rings. The molecule has 3 N–H and O–H groups in total. The maximum absolute atomic E-state index is 11.7. The van der Waals surface area contributed by atoms with Gasteiger partial charge in [0.2, 0.25) is 0 Å². The van der Waals surface area contributed by atoms with Crippen LogP contribution in [0.15, 0.2) is 18.2 Å². The van der Waals surface area contributed by atoms with Gasteiger partial charge in [-0.25, -0.2) is 0 Å². The van der Waals surface area contributed by atoms with Gasteiger partial charge in [0.25, 0.3) is 5.91 Å². The average molecular weight is 315 g/mol. The fraction of sp³-hybridized carbons (Fsp3) is 0.533. The zero-order valence-corrected chi connectivity index (χ0v) is 13.4. The zero-order chi connectivity index (χ0) is 15.8. The lowest BCUT2D eigenvalue weighted by Crippen LogP contribution is -2.35. The van der Waals surface area contributed by atoms with Crippen LogP contribution in [0.3, 0.4) is 0 Å². The predicted octanol–water partition coefficient (Wildman–Crippen LogP) is 1.83. The van der Waals surface area contributed by atoms with Crippen LogP contribution in [0.4, 0.5) is 0 Å². The topological polar surface area (TPSA) is 70.6 Å². The van der Waals surface area contributed by atoms with Gasteiger partial charge >= 0.3 is 0 Å². The summed E-state index contributed by atoms with van der Waals surface area (Å²) in [5, 5.41) is 15.9. The summed E-state index contributed by atoms with van der Waals surface area (Å²) in [7, 11) is 0. The molecule has 0 aromatic heterocycles. The summed E-state index contributed by atoms with van der Waals surface area (Å²) >= 11 is 6.08. The van der Waals surface area contributed by atoms with E-state index >= 15 is 0 Å². The van der Waals surface area contributed by atoms with Crippen molar-refractivity contribution >= 4 is 17.5 Å². The third kappa shape index (κ3) is 6.33. The minimum atomic E-state index is -0.619. The Labute approximate surface area is 130 Å². The second-order valence-electron chi connectivity index (χ2n) is 5.03. The van der Waals surface area contributed by atoms with Gasteiger partial charge in [0.05, 0.1) is 5.02 Å². The first kappa shape index (κ1) is 17.8. The van der Waals surface area contributed by atoms with Crippen molar-refractivity contribution < 1.29 is 14.6 Å². The van der Waals surface area contributed by atoms with Crippen molar-refractivity contribution in [2.45, 2.75) is 32.9 Å². The second-order valence-corrected chi connectivity index (χ2v) is 5.44. The van der Waals surface area contributed by atoms with Crippen LogP contribution in [-0.2, 0) is 0 Å². The molecule has 1 atom stereocenters. The molecular weight excluding hydrogens is 292 g/mol. The molecule has 0 aliphatic heterocycles. The lowest BCUT2D eigenvalue weighted by atomic mass is 10.2. The molecule has 0 aliphatic carbocycles. The van der Waals surface area contributed by atoms with Crippen molar-refractivity contribution in [1.82, 2.24) is 10.6 Å². The first-order valence-corrected chi connectivity index (χ1v) is 7.43. The monoisotopic (exact) mass is 314 g/mol. The Kier molecular flexibility index (Phi) is 7.50. The zero-order valence-electron chi connectivity index (χ0n) is 12.6. The molecule has 118 valence electrons. The molecule has 6 heteroatoms. The largest absolute Gasteiger partial charge is 0.489 e. The van der Waals surface area contributed by atoms with E-state index in [2.05, 4.69) is 10.6 Å². The first-order valence-electron chi connectivity index (χ1n) is 7.06. The Morgan fingerprint density at radius 1 is 1.43 bits per heavy atom. The molecule has 0 spiro atoms. The highest BCUT2D eigenvalue weighted by Crippen LogP contribution is 2.25. The maximum Gasteiger partial charge on any atom is 0.251 e. The van der Waals surface area contributed by atoms with Crippen molar-refractivity contribution in [3.05, 3.63) is 28.8 Å². The van der Waals surface area contributed by atoms with Crippen LogP contribution in [0.2, 0.25) is 5.02 Å². The lowest BCUT2D eigenvalue weighted by molar-refractivity contribution is 0.0954. The molecule has 0 radical (unpaired) electrons. The Morgan fingerprint density at radius 2 is 2.14 bits per heavy atom. The maximum atomic E-state index is 11.7. The lowest BCUT2D eigenvalue weighted by Gasteiger charge is -2.15. The highest BCUT2D eigenvalue weighted by molar-refractivity contribution is 6.32. The van der Waals surface area contributed by atoms with Crippen molar-refractivity contribution in [3.63, 3.8) is 0 Å². The van der Waals surface area contributed by atoms with Gasteiger partial charge in [-0.2, -0.15) is 0 Å². The fourth-order valence-corrected chi connectivity index (χ4v) is 1.87. The van der Waals surface area contributed by atoms with Crippen molar-refractivity contribution in [3.8, 4) is 5.75 Å². The summed E-state index contributed by atoms with van der Waals surface area (Å²) in [5.41, 5.74) is 0.483. The Bertz CT molecular complexity index is 466.